The molecule has 0 bridgehead atoms. The predicted molar refractivity (Wildman–Crippen MR) is 118 cm³/mol. The van der Waals surface area contributed by atoms with Crippen LogP contribution in [0, 0.1) is 13.8 Å². The second-order valence-corrected chi connectivity index (χ2v) is 8.07. The van der Waals surface area contributed by atoms with Crippen LogP contribution in [0.4, 0.5) is 5.69 Å². The van der Waals surface area contributed by atoms with Gasteiger partial charge in [0.25, 0.3) is 0 Å². The van der Waals surface area contributed by atoms with Crippen molar-refractivity contribution < 1.29 is 9.53 Å². The Morgan fingerprint density at radius 2 is 1.83 bits per heavy atom. The first-order valence-electron chi connectivity index (χ1n) is 9.56. The van der Waals surface area contributed by atoms with Gasteiger partial charge in [-0.3, -0.25) is 4.79 Å². The Labute approximate surface area is 175 Å². The van der Waals surface area contributed by atoms with Gasteiger partial charge in [-0.1, -0.05) is 42.1 Å². The van der Waals surface area contributed by atoms with Crippen molar-refractivity contribution in [1.29, 1.82) is 0 Å². The minimum Gasteiger partial charge on any atom is -0.496 e. The van der Waals surface area contributed by atoms with Crippen LogP contribution >= 0.6 is 11.8 Å². The lowest BCUT2D eigenvalue weighted by atomic mass is 10.1. The van der Waals surface area contributed by atoms with E-state index in [2.05, 4.69) is 15.5 Å². The zero-order chi connectivity index (χ0) is 21.0. The second-order valence-electron chi connectivity index (χ2n) is 6.77. The summed E-state index contributed by atoms with van der Waals surface area (Å²) >= 11 is 1.40. The van der Waals surface area contributed by atoms with E-state index in [-0.39, 0.29) is 11.2 Å². The number of anilines is 1. The highest BCUT2D eigenvalue weighted by molar-refractivity contribution is 8.00. The molecule has 0 aliphatic heterocycles. The molecule has 1 aromatic heterocycles. The maximum absolute atomic E-state index is 12.8. The van der Waals surface area contributed by atoms with Crippen molar-refractivity contribution >= 4 is 23.4 Å². The van der Waals surface area contributed by atoms with Crippen LogP contribution in [0.2, 0.25) is 0 Å². The highest BCUT2D eigenvalue weighted by Crippen LogP contribution is 2.32. The summed E-state index contributed by atoms with van der Waals surface area (Å²) in [5, 5.41) is 12.2. The summed E-state index contributed by atoms with van der Waals surface area (Å²) in [6.45, 7) is 8.59. The average molecular weight is 411 g/mol. The van der Waals surface area contributed by atoms with Gasteiger partial charge in [0.05, 0.1) is 17.9 Å². The number of amides is 1. The number of para-hydroxylation sites is 2. The van der Waals surface area contributed by atoms with Crippen molar-refractivity contribution in [3.63, 3.8) is 0 Å². The van der Waals surface area contributed by atoms with Gasteiger partial charge in [0.1, 0.15) is 5.75 Å². The molecule has 0 spiro atoms. The van der Waals surface area contributed by atoms with Crippen molar-refractivity contribution in [2.45, 2.75) is 44.6 Å². The summed E-state index contributed by atoms with van der Waals surface area (Å²) in [5.74, 6) is 1.42. The van der Waals surface area contributed by atoms with Gasteiger partial charge >= 0.3 is 0 Å². The molecule has 1 atom stereocenters. The molecule has 0 aliphatic rings. The SMILES string of the molecule is CCn1c(S[C@@H](C)C(=O)Nc2c(C)cccc2C)nnc1-c1ccccc1OC. The summed E-state index contributed by atoms with van der Waals surface area (Å²) in [6, 6.07) is 13.7. The first kappa shape index (κ1) is 20.9. The Bertz CT molecular complexity index is 996. The van der Waals surface area contributed by atoms with Crippen molar-refractivity contribution in [1.82, 2.24) is 14.8 Å². The van der Waals surface area contributed by atoms with E-state index in [9.17, 15) is 4.79 Å². The molecule has 6 nitrogen and oxygen atoms in total. The summed E-state index contributed by atoms with van der Waals surface area (Å²) in [7, 11) is 1.64. The van der Waals surface area contributed by atoms with E-state index < -0.39 is 0 Å². The third-order valence-electron chi connectivity index (χ3n) is 4.76. The van der Waals surface area contributed by atoms with E-state index in [1.54, 1.807) is 7.11 Å². The standard InChI is InChI=1S/C22H26N4O2S/c1-6-26-20(17-12-7-8-13-18(17)28-5)24-25-22(26)29-16(4)21(27)23-19-14(2)10-9-11-15(19)3/h7-13,16H,6H2,1-5H3,(H,23,27)/t16-/m0/s1. The number of nitrogens with one attached hydrogen (secondary N) is 1. The molecule has 0 aliphatic carbocycles. The zero-order valence-corrected chi connectivity index (χ0v) is 18.2. The Morgan fingerprint density at radius 1 is 1.14 bits per heavy atom. The number of nitrogens with zero attached hydrogens (tertiary/aromatic N) is 3. The highest BCUT2D eigenvalue weighted by atomic mass is 32.2. The van der Waals surface area contributed by atoms with E-state index in [0.717, 1.165) is 34.0 Å². The van der Waals surface area contributed by atoms with Gasteiger partial charge in [-0.15, -0.1) is 10.2 Å². The number of aromatic nitrogens is 3. The van der Waals surface area contributed by atoms with E-state index in [1.165, 1.54) is 11.8 Å². The number of methoxy groups -OCH3 is 1. The fourth-order valence-corrected chi connectivity index (χ4v) is 4.05. The zero-order valence-electron chi connectivity index (χ0n) is 17.4. The van der Waals surface area contributed by atoms with Gasteiger partial charge in [0, 0.05) is 12.2 Å². The molecule has 0 unspecified atom stereocenters. The maximum atomic E-state index is 12.8. The summed E-state index contributed by atoms with van der Waals surface area (Å²) in [5.41, 5.74) is 3.84. The van der Waals surface area contributed by atoms with E-state index in [4.69, 9.17) is 4.74 Å². The first-order valence-corrected chi connectivity index (χ1v) is 10.4. The number of thioether (sulfide) groups is 1. The molecule has 2 aromatic carbocycles. The van der Waals surface area contributed by atoms with Crippen LogP contribution in [-0.4, -0.2) is 33.0 Å². The largest absolute Gasteiger partial charge is 0.496 e. The van der Waals surface area contributed by atoms with Crippen LogP contribution in [-0.2, 0) is 11.3 Å². The number of hydrogen-bond acceptors (Lipinski definition) is 5. The number of carbonyl (C=O) groups excluding carboxylic acids is 1. The molecule has 29 heavy (non-hydrogen) atoms. The Morgan fingerprint density at radius 3 is 2.48 bits per heavy atom. The quantitative estimate of drug-likeness (QED) is 0.571. The smallest absolute Gasteiger partial charge is 0.237 e. The molecule has 1 amide bonds. The van der Waals surface area contributed by atoms with E-state index in [0.29, 0.717) is 11.7 Å². The molecule has 0 fully saturated rings. The van der Waals surface area contributed by atoms with Crippen molar-refractivity contribution in [3.8, 4) is 17.1 Å². The minimum absolute atomic E-state index is 0.0584. The van der Waals surface area contributed by atoms with Gasteiger partial charge in [0.15, 0.2) is 11.0 Å². The molecule has 0 radical (unpaired) electrons. The highest BCUT2D eigenvalue weighted by Gasteiger charge is 2.22. The van der Waals surface area contributed by atoms with Crippen molar-refractivity contribution in [2.24, 2.45) is 0 Å². The first-order chi connectivity index (χ1) is 14.0. The van der Waals surface area contributed by atoms with Crippen LogP contribution in [0.15, 0.2) is 47.6 Å². The number of rotatable bonds is 7. The van der Waals surface area contributed by atoms with Crippen molar-refractivity contribution in [3.05, 3.63) is 53.6 Å². The minimum atomic E-state index is -0.325. The van der Waals surface area contributed by atoms with Gasteiger partial charge in [-0.25, -0.2) is 0 Å². The Kier molecular flexibility index (Phi) is 6.59. The molecule has 1 N–H and O–H groups in total. The summed E-state index contributed by atoms with van der Waals surface area (Å²) < 4.78 is 7.47. The van der Waals surface area contributed by atoms with Crippen LogP contribution < -0.4 is 10.1 Å². The molecule has 0 saturated heterocycles. The number of aryl methyl sites for hydroxylation is 2. The maximum Gasteiger partial charge on any atom is 0.237 e. The number of hydrogen-bond donors (Lipinski definition) is 1. The van der Waals surface area contributed by atoms with Crippen LogP contribution in [0.1, 0.15) is 25.0 Å². The molecular weight excluding hydrogens is 384 g/mol. The lowest BCUT2D eigenvalue weighted by molar-refractivity contribution is -0.115. The fourth-order valence-electron chi connectivity index (χ4n) is 3.14. The average Bonchev–Trinajstić information content (AvgIpc) is 3.12. The van der Waals surface area contributed by atoms with Gasteiger partial charge in [0.2, 0.25) is 5.91 Å². The van der Waals surface area contributed by atoms with Crippen LogP contribution in [0.3, 0.4) is 0 Å². The third-order valence-corrected chi connectivity index (χ3v) is 5.84. The normalized spacial score (nSPS) is 11.9. The third kappa shape index (κ3) is 4.45. The van der Waals surface area contributed by atoms with Crippen LogP contribution in [0.25, 0.3) is 11.4 Å². The lowest BCUT2D eigenvalue weighted by Crippen LogP contribution is -2.23. The Balaban J connectivity index is 1.81. The van der Waals surface area contributed by atoms with Gasteiger partial charge < -0.3 is 14.6 Å². The van der Waals surface area contributed by atoms with Gasteiger partial charge in [-0.05, 0) is 51.0 Å². The molecule has 0 saturated carbocycles. The second kappa shape index (κ2) is 9.13. The summed E-state index contributed by atoms with van der Waals surface area (Å²) in [4.78, 5) is 12.8. The van der Waals surface area contributed by atoms with Gasteiger partial charge in [-0.2, -0.15) is 0 Å². The monoisotopic (exact) mass is 410 g/mol. The van der Waals surface area contributed by atoms with E-state index in [1.807, 2.05) is 74.7 Å². The Hall–Kier alpha value is -2.80. The molecule has 7 heteroatoms. The van der Waals surface area contributed by atoms with E-state index >= 15 is 0 Å². The molecule has 152 valence electrons. The lowest BCUT2D eigenvalue weighted by Gasteiger charge is -2.16. The summed E-state index contributed by atoms with van der Waals surface area (Å²) in [6.07, 6.45) is 0. The number of benzene rings is 2. The molecule has 3 rings (SSSR count). The van der Waals surface area contributed by atoms with Crippen LogP contribution in [0.5, 0.6) is 5.75 Å². The molecule has 1 heterocycles. The predicted octanol–water partition coefficient (Wildman–Crippen LogP) is 4.71. The molecular formula is C22H26N4O2S. The van der Waals surface area contributed by atoms with Crippen molar-refractivity contribution in [2.75, 3.05) is 12.4 Å². The number of ether oxygens (including phenoxy) is 1. The molecule has 3 aromatic rings. The topological polar surface area (TPSA) is 69.0 Å². The fraction of sp³-hybridized carbons (Fsp3) is 0.318. The number of carbonyl (C=O) groups is 1.